The number of likely N-dealkylation sites (N-methyl/N-ethyl adjacent to an activating group) is 1. The Morgan fingerprint density at radius 2 is 0.981 bits per heavy atom. The molecule has 9 nitrogen and oxygen atoms in total. The van der Waals surface area contributed by atoms with E-state index in [-0.39, 0.29) is 32.0 Å². The summed E-state index contributed by atoms with van der Waals surface area (Å²) in [6.07, 6.45) is 39.3. The van der Waals surface area contributed by atoms with Crippen LogP contribution in [0.3, 0.4) is 0 Å². The van der Waals surface area contributed by atoms with Crippen LogP contribution in [0.15, 0.2) is 24.3 Å². The molecule has 2 N–H and O–H groups in total. The first kappa shape index (κ1) is 50.5. The van der Waals surface area contributed by atoms with Gasteiger partial charge in [0.25, 0.3) is 0 Å². The van der Waals surface area contributed by atoms with Crippen molar-refractivity contribution in [2.24, 2.45) is 0 Å². The number of rotatable bonds is 40. The molecule has 0 aromatic rings. The van der Waals surface area contributed by atoms with E-state index in [1.165, 1.54) is 109 Å². The molecular weight excluding hydrogens is 677 g/mol. The SMILES string of the molecule is CCCCCC/C=C\CCCCCCCC(=O)OC(COC(=O)CCCCCCCCC/C=C\CCCCCCCC)COP(=O)(O)OCCNC. The van der Waals surface area contributed by atoms with Gasteiger partial charge in [-0.25, -0.2) is 4.57 Å². The molecule has 0 aromatic carbocycles. The minimum atomic E-state index is -4.35. The second-order valence-corrected chi connectivity index (χ2v) is 15.6. The molecule has 52 heavy (non-hydrogen) atoms. The lowest BCUT2D eigenvalue weighted by Crippen LogP contribution is -2.29. The van der Waals surface area contributed by atoms with Gasteiger partial charge in [0.15, 0.2) is 6.10 Å². The molecule has 0 aliphatic carbocycles. The highest BCUT2D eigenvalue weighted by Gasteiger charge is 2.26. The maximum absolute atomic E-state index is 12.6. The minimum absolute atomic E-state index is 0.0181. The zero-order chi connectivity index (χ0) is 38.2. The van der Waals surface area contributed by atoms with Gasteiger partial charge in [0.05, 0.1) is 13.2 Å². The number of esters is 2. The van der Waals surface area contributed by atoms with Crippen molar-refractivity contribution in [1.82, 2.24) is 5.32 Å². The molecule has 2 atom stereocenters. The van der Waals surface area contributed by atoms with Crippen LogP contribution in [-0.2, 0) is 32.7 Å². The Morgan fingerprint density at radius 3 is 1.44 bits per heavy atom. The van der Waals surface area contributed by atoms with Crippen LogP contribution in [0.5, 0.6) is 0 Å². The molecule has 0 aromatic heterocycles. The molecule has 10 heteroatoms. The molecule has 0 aliphatic heterocycles. The number of hydrogen-bond donors (Lipinski definition) is 2. The Labute approximate surface area is 319 Å². The summed E-state index contributed by atoms with van der Waals surface area (Å²) >= 11 is 0. The standard InChI is InChI=1S/C42H80NO8P/c1-4-6-8-10-12-14-16-18-19-20-21-23-24-26-28-30-32-34-41(44)48-38-40(39-50-52(46,47)49-37-36-43-3)51-42(45)35-33-31-29-27-25-22-17-15-13-11-9-7-5-2/h15,17-19,40,43H,4-14,16,20-39H2,1-3H3,(H,46,47)/b17-15-,19-18-. The van der Waals surface area contributed by atoms with Crippen molar-refractivity contribution in [3.05, 3.63) is 24.3 Å². The Balaban J connectivity index is 4.22. The molecule has 0 amide bonds. The molecule has 0 saturated carbocycles. The van der Waals surface area contributed by atoms with Crippen molar-refractivity contribution in [3.63, 3.8) is 0 Å². The predicted molar refractivity (Wildman–Crippen MR) is 215 cm³/mol. The fourth-order valence-electron chi connectivity index (χ4n) is 5.78. The minimum Gasteiger partial charge on any atom is -0.462 e. The van der Waals surface area contributed by atoms with Crippen LogP contribution in [0.4, 0.5) is 0 Å². The number of allylic oxidation sites excluding steroid dienone is 4. The number of phosphoric ester groups is 1. The molecule has 0 rings (SSSR count). The highest BCUT2D eigenvalue weighted by molar-refractivity contribution is 7.47. The van der Waals surface area contributed by atoms with E-state index in [4.69, 9.17) is 18.5 Å². The largest absolute Gasteiger partial charge is 0.472 e. The van der Waals surface area contributed by atoms with E-state index in [1.807, 2.05) is 0 Å². The molecule has 0 bridgehead atoms. The van der Waals surface area contributed by atoms with E-state index in [1.54, 1.807) is 7.05 Å². The number of carbonyl (C=O) groups excluding carboxylic acids is 2. The summed E-state index contributed by atoms with van der Waals surface area (Å²) in [4.78, 5) is 35.0. The third-order valence-electron chi connectivity index (χ3n) is 9.04. The molecule has 2 unspecified atom stereocenters. The fourth-order valence-corrected chi connectivity index (χ4v) is 6.53. The van der Waals surface area contributed by atoms with Gasteiger partial charge < -0.3 is 19.7 Å². The van der Waals surface area contributed by atoms with Gasteiger partial charge in [0.1, 0.15) is 6.61 Å². The second kappa shape index (κ2) is 39.2. The number of carbonyl (C=O) groups is 2. The van der Waals surface area contributed by atoms with Gasteiger partial charge in [0.2, 0.25) is 0 Å². The highest BCUT2D eigenvalue weighted by Crippen LogP contribution is 2.43. The Morgan fingerprint density at radius 1 is 0.577 bits per heavy atom. The first-order valence-electron chi connectivity index (χ1n) is 21.3. The van der Waals surface area contributed by atoms with Gasteiger partial charge >= 0.3 is 19.8 Å². The maximum atomic E-state index is 12.6. The third-order valence-corrected chi connectivity index (χ3v) is 10.0. The number of hydrogen-bond acceptors (Lipinski definition) is 8. The van der Waals surface area contributed by atoms with Crippen LogP contribution in [0, 0.1) is 0 Å². The van der Waals surface area contributed by atoms with Gasteiger partial charge in [-0.3, -0.25) is 18.6 Å². The van der Waals surface area contributed by atoms with Crippen LogP contribution in [-0.4, -0.2) is 56.3 Å². The van der Waals surface area contributed by atoms with E-state index < -0.39 is 26.5 Å². The summed E-state index contributed by atoms with van der Waals surface area (Å²) in [6.45, 7) is 4.20. The maximum Gasteiger partial charge on any atom is 0.472 e. The molecule has 0 saturated heterocycles. The van der Waals surface area contributed by atoms with Gasteiger partial charge in [-0.15, -0.1) is 0 Å². The average Bonchev–Trinajstić information content (AvgIpc) is 3.12. The Hall–Kier alpha value is -1.51. The summed E-state index contributed by atoms with van der Waals surface area (Å²) in [5.74, 6) is -0.818. The van der Waals surface area contributed by atoms with E-state index >= 15 is 0 Å². The predicted octanol–water partition coefficient (Wildman–Crippen LogP) is 11.9. The summed E-state index contributed by atoms with van der Waals surface area (Å²) in [6, 6.07) is 0. The van der Waals surface area contributed by atoms with Gasteiger partial charge in [0, 0.05) is 19.4 Å². The Kier molecular flexibility index (Phi) is 38.1. The van der Waals surface area contributed by atoms with E-state index in [2.05, 4.69) is 43.5 Å². The van der Waals surface area contributed by atoms with Crippen LogP contribution in [0.1, 0.15) is 194 Å². The van der Waals surface area contributed by atoms with Crippen molar-refractivity contribution in [3.8, 4) is 0 Å². The second-order valence-electron chi connectivity index (χ2n) is 14.2. The fraction of sp³-hybridized carbons (Fsp3) is 0.857. The lowest BCUT2D eigenvalue weighted by molar-refractivity contribution is -0.161. The molecule has 306 valence electrons. The van der Waals surface area contributed by atoms with Crippen molar-refractivity contribution in [2.75, 3.05) is 33.4 Å². The molecule has 0 fully saturated rings. The summed E-state index contributed by atoms with van der Waals surface area (Å²) < 4.78 is 33.1. The monoisotopic (exact) mass is 758 g/mol. The Bertz CT molecular complexity index is 912. The van der Waals surface area contributed by atoms with E-state index in [0.717, 1.165) is 51.4 Å². The van der Waals surface area contributed by atoms with Gasteiger partial charge in [-0.05, 0) is 71.3 Å². The summed E-state index contributed by atoms with van der Waals surface area (Å²) in [5, 5.41) is 2.82. The molecular formula is C42H80NO8P. The quantitative estimate of drug-likeness (QED) is 0.0272. The highest BCUT2D eigenvalue weighted by atomic mass is 31.2. The summed E-state index contributed by atoms with van der Waals surface area (Å²) in [7, 11) is -2.65. The zero-order valence-corrected chi connectivity index (χ0v) is 34.7. The lowest BCUT2D eigenvalue weighted by Gasteiger charge is -2.20. The topological polar surface area (TPSA) is 120 Å². The summed E-state index contributed by atoms with van der Waals surface area (Å²) in [5.41, 5.74) is 0. The third kappa shape index (κ3) is 38.2. The van der Waals surface area contributed by atoms with E-state index in [9.17, 15) is 19.0 Å². The average molecular weight is 758 g/mol. The van der Waals surface area contributed by atoms with Crippen molar-refractivity contribution >= 4 is 19.8 Å². The number of phosphoric acid groups is 1. The lowest BCUT2D eigenvalue weighted by atomic mass is 10.1. The number of unbranched alkanes of at least 4 members (excludes halogenated alkanes) is 22. The van der Waals surface area contributed by atoms with Crippen LogP contribution in [0.25, 0.3) is 0 Å². The van der Waals surface area contributed by atoms with Crippen LogP contribution >= 0.6 is 7.82 Å². The van der Waals surface area contributed by atoms with Crippen molar-refractivity contribution < 1.29 is 37.6 Å². The zero-order valence-electron chi connectivity index (χ0n) is 33.8. The molecule has 0 spiro atoms. The van der Waals surface area contributed by atoms with Crippen LogP contribution < -0.4 is 5.32 Å². The molecule has 0 radical (unpaired) electrons. The first-order valence-corrected chi connectivity index (χ1v) is 22.8. The number of nitrogens with one attached hydrogen (secondary N) is 1. The van der Waals surface area contributed by atoms with Crippen molar-refractivity contribution in [2.45, 2.75) is 200 Å². The van der Waals surface area contributed by atoms with E-state index in [0.29, 0.717) is 13.0 Å². The van der Waals surface area contributed by atoms with Gasteiger partial charge in [-0.1, -0.05) is 141 Å². The smallest absolute Gasteiger partial charge is 0.462 e. The van der Waals surface area contributed by atoms with Crippen LogP contribution in [0.2, 0.25) is 0 Å². The number of ether oxygens (including phenoxy) is 2. The normalized spacial score (nSPS) is 13.5. The molecule has 0 heterocycles. The first-order chi connectivity index (χ1) is 25.3. The molecule has 0 aliphatic rings. The van der Waals surface area contributed by atoms with Crippen molar-refractivity contribution in [1.29, 1.82) is 0 Å². The van der Waals surface area contributed by atoms with Gasteiger partial charge in [-0.2, -0.15) is 0 Å².